The van der Waals surface area contributed by atoms with Crippen LogP contribution in [-0.2, 0) is 0 Å². The van der Waals surface area contributed by atoms with E-state index in [0.717, 1.165) is 28.1 Å². The Morgan fingerprint density at radius 2 is 2.11 bits per heavy atom. The number of nitrogens with one attached hydrogen (secondary N) is 1. The fourth-order valence-corrected chi connectivity index (χ4v) is 2.65. The van der Waals surface area contributed by atoms with Crippen LogP contribution in [0.2, 0.25) is 0 Å². The van der Waals surface area contributed by atoms with Crippen LogP contribution < -0.4 is 10.1 Å². The molecule has 1 unspecified atom stereocenters. The first-order chi connectivity index (χ1) is 9.17. The highest BCUT2D eigenvalue weighted by molar-refractivity contribution is 9.10. The first-order valence-electron chi connectivity index (χ1n) is 6.28. The summed E-state index contributed by atoms with van der Waals surface area (Å²) in [6, 6.07) is 8.22. The molecule has 0 amide bonds. The van der Waals surface area contributed by atoms with Crippen molar-refractivity contribution in [3.05, 3.63) is 51.9 Å². The number of benzene rings is 1. The van der Waals surface area contributed by atoms with Gasteiger partial charge >= 0.3 is 0 Å². The zero-order valence-electron chi connectivity index (χ0n) is 11.4. The van der Waals surface area contributed by atoms with Crippen LogP contribution in [0, 0.1) is 6.92 Å². The van der Waals surface area contributed by atoms with E-state index in [2.05, 4.69) is 47.2 Å². The molecule has 0 fully saturated rings. The Kier molecular flexibility index (Phi) is 4.66. The third kappa shape index (κ3) is 3.01. The molecule has 1 aromatic carbocycles. The van der Waals surface area contributed by atoms with Crippen molar-refractivity contribution in [1.29, 1.82) is 0 Å². The standard InChI is InChI=1S/C15H18BrNO2/c1-4-17-14(11-7-8-19-15(11)16)12-9-10(2)5-6-13(12)18-3/h5-9,14,17H,4H2,1-3H3. The van der Waals surface area contributed by atoms with Crippen molar-refractivity contribution in [3.8, 4) is 5.75 Å². The van der Waals surface area contributed by atoms with E-state index in [1.165, 1.54) is 5.56 Å². The second-order valence-electron chi connectivity index (χ2n) is 4.39. The van der Waals surface area contributed by atoms with Gasteiger partial charge in [-0.1, -0.05) is 24.6 Å². The topological polar surface area (TPSA) is 34.4 Å². The normalized spacial score (nSPS) is 12.4. The zero-order valence-corrected chi connectivity index (χ0v) is 13.0. The van der Waals surface area contributed by atoms with Crippen molar-refractivity contribution in [1.82, 2.24) is 5.32 Å². The Hall–Kier alpha value is -1.26. The summed E-state index contributed by atoms with van der Waals surface area (Å²) in [5.74, 6) is 0.879. The van der Waals surface area contributed by atoms with Crippen molar-refractivity contribution in [3.63, 3.8) is 0 Å². The smallest absolute Gasteiger partial charge is 0.174 e. The lowest BCUT2D eigenvalue weighted by molar-refractivity contribution is 0.403. The van der Waals surface area contributed by atoms with Gasteiger partial charge in [-0.15, -0.1) is 0 Å². The average Bonchev–Trinajstić information content (AvgIpc) is 2.82. The molecule has 1 heterocycles. The van der Waals surface area contributed by atoms with Crippen molar-refractivity contribution in [2.24, 2.45) is 0 Å². The van der Waals surface area contributed by atoms with Gasteiger partial charge in [0.05, 0.1) is 19.4 Å². The lowest BCUT2D eigenvalue weighted by Crippen LogP contribution is -2.22. The number of halogens is 1. The van der Waals surface area contributed by atoms with E-state index in [4.69, 9.17) is 9.15 Å². The average molecular weight is 324 g/mol. The molecule has 0 aliphatic heterocycles. The largest absolute Gasteiger partial charge is 0.496 e. The van der Waals surface area contributed by atoms with E-state index in [1.54, 1.807) is 13.4 Å². The van der Waals surface area contributed by atoms with E-state index < -0.39 is 0 Å². The minimum atomic E-state index is 0.0491. The lowest BCUT2D eigenvalue weighted by atomic mass is 9.98. The quantitative estimate of drug-likeness (QED) is 0.901. The molecular weight excluding hydrogens is 306 g/mol. The molecule has 0 aliphatic rings. The summed E-state index contributed by atoms with van der Waals surface area (Å²) in [7, 11) is 1.70. The summed E-state index contributed by atoms with van der Waals surface area (Å²) < 4.78 is 11.6. The van der Waals surface area contributed by atoms with Gasteiger partial charge in [0.25, 0.3) is 0 Å². The highest BCUT2D eigenvalue weighted by Gasteiger charge is 2.21. The van der Waals surface area contributed by atoms with Gasteiger partial charge in [-0.2, -0.15) is 0 Å². The van der Waals surface area contributed by atoms with Crippen LogP contribution in [0.3, 0.4) is 0 Å². The molecule has 0 radical (unpaired) electrons. The van der Waals surface area contributed by atoms with Crippen molar-refractivity contribution in [2.45, 2.75) is 19.9 Å². The number of methoxy groups -OCH3 is 1. The summed E-state index contributed by atoms with van der Waals surface area (Å²) in [6.07, 6.45) is 1.69. The maximum atomic E-state index is 5.48. The maximum absolute atomic E-state index is 5.48. The van der Waals surface area contributed by atoms with Crippen LogP contribution in [0.4, 0.5) is 0 Å². The molecule has 3 nitrogen and oxygen atoms in total. The fraction of sp³-hybridized carbons (Fsp3) is 0.333. The molecule has 0 saturated heterocycles. The van der Waals surface area contributed by atoms with E-state index >= 15 is 0 Å². The van der Waals surface area contributed by atoms with Gasteiger partial charge < -0.3 is 14.5 Å². The number of hydrogen-bond acceptors (Lipinski definition) is 3. The van der Waals surface area contributed by atoms with Gasteiger partial charge in [0.2, 0.25) is 0 Å². The fourth-order valence-electron chi connectivity index (χ4n) is 2.18. The number of ether oxygens (including phenoxy) is 1. The van der Waals surface area contributed by atoms with E-state index in [-0.39, 0.29) is 6.04 Å². The van der Waals surface area contributed by atoms with Crippen LogP contribution in [0.25, 0.3) is 0 Å². The molecule has 2 aromatic rings. The van der Waals surface area contributed by atoms with E-state index in [9.17, 15) is 0 Å². The summed E-state index contributed by atoms with van der Waals surface area (Å²) in [5.41, 5.74) is 3.40. The highest BCUT2D eigenvalue weighted by Crippen LogP contribution is 2.34. The Labute approximate surface area is 122 Å². The van der Waals surface area contributed by atoms with Crippen LogP contribution in [0.1, 0.15) is 29.7 Å². The maximum Gasteiger partial charge on any atom is 0.174 e. The van der Waals surface area contributed by atoms with Crippen LogP contribution >= 0.6 is 15.9 Å². The molecule has 0 spiro atoms. The highest BCUT2D eigenvalue weighted by atomic mass is 79.9. The first kappa shape index (κ1) is 14.2. The Morgan fingerprint density at radius 3 is 2.68 bits per heavy atom. The molecule has 1 aromatic heterocycles. The Balaban J connectivity index is 2.50. The molecule has 0 saturated carbocycles. The minimum Gasteiger partial charge on any atom is -0.496 e. The number of furan rings is 1. The van der Waals surface area contributed by atoms with Crippen LogP contribution in [-0.4, -0.2) is 13.7 Å². The summed E-state index contributed by atoms with van der Waals surface area (Å²) >= 11 is 3.45. The summed E-state index contributed by atoms with van der Waals surface area (Å²) in [4.78, 5) is 0. The monoisotopic (exact) mass is 323 g/mol. The molecule has 1 atom stereocenters. The second-order valence-corrected chi connectivity index (χ2v) is 5.11. The molecule has 0 aliphatic carbocycles. The van der Waals surface area contributed by atoms with Gasteiger partial charge in [0.1, 0.15) is 5.75 Å². The predicted octanol–water partition coefficient (Wildman–Crippen LogP) is 4.06. The molecule has 19 heavy (non-hydrogen) atoms. The van der Waals surface area contributed by atoms with Crippen molar-refractivity contribution in [2.75, 3.05) is 13.7 Å². The molecule has 4 heteroatoms. The first-order valence-corrected chi connectivity index (χ1v) is 7.07. The van der Waals surface area contributed by atoms with Crippen molar-refractivity contribution < 1.29 is 9.15 Å². The number of aryl methyl sites for hydroxylation is 1. The third-order valence-corrected chi connectivity index (χ3v) is 3.71. The zero-order chi connectivity index (χ0) is 13.8. The molecule has 1 N–H and O–H groups in total. The Morgan fingerprint density at radius 1 is 1.32 bits per heavy atom. The predicted molar refractivity (Wildman–Crippen MR) is 79.7 cm³/mol. The Bertz CT molecular complexity index is 551. The minimum absolute atomic E-state index is 0.0491. The van der Waals surface area contributed by atoms with Gasteiger partial charge in [-0.25, -0.2) is 0 Å². The molecular formula is C15H18BrNO2. The number of rotatable bonds is 5. The SMILES string of the molecule is CCNC(c1cc(C)ccc1OC)c1ccoc1Br. The van der Waals surface area contributed by atoms with Crippen LogP contribution in [0.5, 0.6) is 5.75 Å². The van der Waals surface area contributed by atoms with Gasteiger partial charge in [-0.3, -0.25) is 0 Å². The van der Waals surface area contributed by atoms with Gasteiger partial charge in [0, 0.05) is 11.1 Å². The summed E-state index contributed by atoms with van der Waals surface area (Å²) in [6.45, 7) is 5.03. The van der Waals surface area contributed by atoms with E-state index in [0.29, 0.717) is 0 Å². The van der Waals surface area contributed by atoms with Gasteiger partial charge in [-0.05, 0) is 41.5 Å². The molecule has 0 bridgehead atoms. The van der Waals surface area contributed by atoms with E-state index in [1.807, 2.05) is 12.1 Å². The second kappa shape index (κ2) is 6.26. The number of hydrogen-bond donors (Lipinski definition) is 1. The lowest BCUT2D eigenvalue weighted by Gasteiger charge is -2.20. The van der Waals surface area contributed by atoms with Crippen molar-refractivity contribution >= 4 is 15.9 Å². The molecule has 102 valence electrons. The van der Waals surface area contributed by atoms with Crippen LogP contribution in [0.15, 0.2) is 39.6 Å². The third-order valence-electron chi connectivity index (χ3n) is 3.06. The van der Waals surface area contributed by atoms with Gasteiger partial charge in [0.15, 0.2) is 4.67 Å². The molecule has 2 rings (SSSR count). The summed E-state index contributed by atoms with van der Waals surface area (Å²) in [5, 5.41) is 3.47.